The minimum Gasteiger partial charge on any atom is -0.493 e. The Labute approximate surface area is 166 Å². The summed E-state index contributed by atoms with van der Waals surface area (Å²) < 4.78 is 13.4. The summed E-state index contributed by atoms with van der Waals surface area (Å²) in [4.78, 5) is 4.82. The molecule has 0 radical (unpaired) electrons. The monoisotopic (exact) mass is 386 g/mol. The number of tetrazole rings is 1. The molecule has 28 heavy (non-hydrogen) atoms. The van der Waals surface area contributed by atoms with Gasteiger partial charge in [0.1, 0.15) is 6.04 Å². The lowest BCUT2D eigenvalue weighted by Crippen LogP contribution is -2.47. The number of rotatable bonds is 6. The lowest BCUT2D eigenvalue weighted by molar-refractivity contribution is 0.119. The van der Waals surface area contributed by atoms with Gasteiger partial charge >= 0.3 is 0 Å². The van der Waals surface area contributed by atoms with Gasteiger partial charge in [-0.25, -0.2) is 4.68 Å². The zero-order chi connectivity index (χ0) is 19.5. The van der Waals surface area contributed by atoms with Crippen LogP contribution in [0.15, 0.2) is 18.2 Å². The summed E-state index contributed by atoms with van der Waals surface area (Å²) >= 11 is 0. The molecule has 0 unspecified atom stereocenters. The summed E-state index contributed by atoms with van der Waals surface area (Å²) in [6.45, 7) is 3.96. The van der Waals surface area contributed by atoms with Gasteiger partial charge in [-0.15, -0.1) is 5.10 Å². The molecule has 2 fully saturated rings. The van der Waals surface area contributed by atoms with Crippen molar-refractivity contribution < 1.29 is 9.47 Å². The highest BCUT2D eigenvalue weighted by molar-refractivity contribution is 5.49. The predicted octanol–water partition coefficient (Wildman–Crippen LogP) is 2.14. The molecule has 0 amide bonds. The van der Waals surface area contributed by atoms with Gasteiger partial charge in [-0.05, 0) is 36.4 Å². The van der Waals surface area contributed by atoms with Gasteiger partial charge in [0.15, 0.2) is 17.3 Å². The van der Waals surface area contributed by atoms with Crippen molar-refractivity contribution in [2.45, 2.75) is 37.8 Å². The molecule has 1 aromatic heterocycles. The van der Waals surface area contributed by atoms with E-state index in [9.17, 15) is 0 Å². The molecule has 1 aromatic carbocycles. The van der Waals surface area contributed by atoms with Crippen LogP contribution in [0.1, 0.15) is 49.2 Å². The maximum Gasteiger partial charge on any atom is 0.173 e. The maximum absolute atomic E-state index is 5.78. The van der Waals surface area contributed by atoms with Crippen LogP contribution >= 0.6 is 0 Å². The van der Waals surface area contributed by atoms with Gasteiger partial charge in [0.05, 0.1) is 20.3 Å². The van der Waals surface area contributed by atoms with Crippen LogP contribution in [0.25, 0.3) is 0 Å². The SMILES string of the molecule is COc1cccc([C@H](c2nnnn2C2CCCC2)N2CCN(C)CC2)c1OC. The molecule has 8 heteroatoms. The number of aromatic nitrogens is 4. The molecule has 2 aromatic rings. The van der Waals surface area contributed by atoms with Gasteiger partial charge in [-0.3, -0.25) is 4.90 Å². The predicted molar refractivity (Wildman–Crippen MR) is 106 cm³/mol. The summed E-state index contributed by atoms with van der Waals surface area (Å²) in [7, 11) is 5.54. The second-order valence-corrected chi connectivity index (χ2v) is 7.74. The van der Waals surface area contributed by atoms with Gasteiger partial charge in [0, 0.05) is 31.7 Å². The van der Waals surface area contributed by atoms with E-state index < -0.39 is 0 Å². The third kappa shape index (κ3) is 3.58. The van der Waals surface area contributed by atoms with Crippen molar-refractivity contribution in [2.24, 2.45) is 0 Å². The lowest BCUT2D eigenvalue weighted by atomic mass is 10.0. The maximum atomic E-state index is 5.78. The van der Waals surface area contributed by atoms with Crippen molar-refractivity contribution in [2.75, 3.05) is 47.4 Å². The summed E-state index contributed by atoms with van der Waals surface area (Å²) in [6, 6.07) is 6.39. The first kappa shape index (κ1) is 19.1. The molecule has 0 bridgehead atoms. The van der Waals surface area contributed by atoms with Crippen molar-refractivity contribution in [1.29, 1.82) is 0 Å². The fourth-order valence-electron chi connectivity index (χ4n) is 4.50. The average Bonchev–Trinajstić information content (AvgIpc) is 3.41. The second-order valence-electron chi connectivity index (χ2n) is 7.74. The van der Waals surface area contributed by atoms with Gasteiger partial charge < -0.3 is 14.4 Å². The zero-order valence-corrected chi connectivity index (χ0v) is 17.0. The number of hydrogen-bond acceptors (Lipinski definition) is 7. The van der Waals surface area contributed by atoms with Crippen LogP contribution in [0.4, 0.5) is 0 Å². The molecule has 0 spiro atoms. The van der Waals surface area contributed by atoms with Crippen LogP contribution in [-0.4, -0.2) is 77.5 Å². The quantitative estimate of drug-likeness (QED) is 0.753. The van der Waals surface area contributed by atoms with E-state index in [1.54, 1.807) is 14.2 Å². The largest absolute Gasteiger partial charge is 0.493 e. The summed E-state index contributed by atoms with van der Waals surface area (Å²) in [5.74, 6) is 2.40. The summed E-state index contributed by atoms with van der Waals surface area (Å²) in [5, 5.41) is 13.0. The molecule has 152 valence electrons. The summed E-state index contributed by atoms with van der Waals surface area (Å²) in [6.07, 6.45) is 4.77. The topological polar surface area (TPSA) is 68.5 Å². The third-order valence-electron chi connectivity index (χ3n) is 6.06. The minimum absolute atomic E-state index is 0.0608. The van der Waals surface area contributed by atoms with E-state index in [1.165, 1.54) is 12.8 Å². The third-order valence-corrected chi connectivity index (χ3v) is 6.06. The number of para-hydroxylation sites is 1. The van der Waals surface area contributed by atoms with E-state index in [0.717, 1.165) is 61.9 Å². The highest BCUT2D eigenvalue weighted by Gasteiger charge is 2.34. The molecule has 2 aliphatic rings. The van der Waals surface area contributed by atoms with Crippen LogP contribution in [-0.2, 0) is 0 Å². The van der Waals surface area contributed by atoms with Crippen molar-refractivity contribution in [3.8, 4) is 11.5 Å². The molecule has 1 saturated carbocycles. The molecule has 1 aliphatic carbocycles. The second kappa shape index (κ2) is 8.45. The van der Waals surface area contributed by atoms with Gasteiger partial charge in [0.25, 0.3) is 0 Å². The Balaban J connectivity index is 1.79. The normalized spacial score (nSPS) is 20.4. The van der Waals surface area contributed by atoms with E-state index in [-0.39, 0.29) is 6.04 Å². The Morgan fingerprint density at radius 3 is 2.46 bits per heavy atom. The zero-order valence-electron chi connectivity index (χ0n) is 17.0. The van der Waals surface area contributed by atoms with E-state index in [2.05, 4.69) is 43.1 Å². The Hall–Kier alpha value is -2.19. The number of methoxy groups -OCH3 is 2. The standard InChI is InChI=1S/C20H30N6O2/c1-24-11-13-25(14-12-24)18(16-9-6-10-17(27-2)19(16)28-3)20-21-22-23-26(20)15-7-4-5-8-15/h6,9-10,15,18H,4-5,7-8,11-14H2,1-3H3/t18-/m1/s1. The smallest absolute Gasteiger partial charge is 0.173 e. The van der Waals surface area contributed by atoms with Gasteiger partial charge in [-0.2, -0.15) is 0 Å². The number of hydrogen-bond donors (Lipinski definition) is 0. The lowest BCUT2D eigenvalue weighted by Gasteiger charge is -2.38. The number of nitrogens with zero attached hydrogens (tertiary/aromatic N) is 6. The molecule has 8 nitrogen and oxygen atoms in total. The number of piperazine rings is 1. The summed E-state index contributed by atoms with van der Waals surface area (Å²) in [5.41, 5.74) is 1.06. The Bertz CT molecular complexity index is 781. The van der Waals surface area contributed by atoms with E-state index in [0.29, 0.717) is 6.04 Å². The first-order valence-corrected chi connectivity index (χ1v) is 10.1. The van der Waals surface area contributed by atoms with Crippen molar-refractivity contribution >= 4 is 0 Å². The molecule has 1 aliphatic heterocycles. The number of likely N-dealkylation sites (N-methyl/N-ethyl adjacent to an activating group) is 1. The molecule has 0 N–H and O–H groups in total. The number of benzene rings is 1. The molecular formula is C20H30N6O2. The van der Waals surface area contributed by atoms with Crippen LogP contribution in [0.5, 0.6) is 11.5 Å². The van der Waals surface area contributed by atoms with Crippen LogP contribution in [0.3, 0.4) is 0 Å². The Morgan fingerprint density at radius 2 is 1.79 bits per heavy atom. The fourth-order valence-corrected chi connectivity index (χ4v) is 4.50. The fraction of sp³-hybridized carbons (Fsp3) is 0.650. The van der Waals surface area contributed by atoms with E-state index in [1.807, 2.05) is 12.1 Å². The Kier molecular flexibility index (Phi) is 5.77. The van der Waals surface area contributed by atoms with E-state index in [4.69, 9.17) is 9.47 Å². The first-order chi connectivity index (χ1) is 13.7. The number of ether oxygens (including phenoxy) is 2. The van der Waals surface area contributed by atoms with Crippen molar-refractivity contribution in [3.63, 3.8) is 0 Å². The van der Waals surface area contributed by atoms with Gasteiger partial charge in [-0.1, -0.05) is 25.0 Å². The molecule has 1 saturated heterocycles. The van der Waals surface area contributed by atoms with Crippen molar-refractivity contribution in [1.82, 2.24) is 30.0 Å². The van der Waals surface area contributed by atoms with E-state index >= 15 is 0 Å². The van der Waals surface area contributed by atoms with Crippen LogP contribution < -0.4 is 9.47 Å². The minimum atomic E-state index is -0.0608. The van der Waals surface area contributed by atoms with Crippen LogP contribution in [0.2, 0.25) is 0 Å². The molecule has 2 heterocycles. The first-order valence-electron chi connectivity index (χ1n) is 10.1. The van der Waals surface area contributed by atoms with Gasteiger partial charge in [0.2, 0.25) is 0 Å². The average molecular weight is 387 g/mol. The molecule has 4 rings (SSSR count). The Morgan fingerprint density at radius 1 is 1.04 bits per heavy atom. The molecular weight excluding hydrogens is 356 g/mol. The van der Waals surface area contributed by atoms with Crippen molar-refractivity contribution in [3.05, 3.63) is 29.6 Å². The molecule has 1 atom stereocenters. The highest BCUT2D eigenvalue weighted by Crippen LogP contribution is 2.41. The highest BCUT2D eigenvalue weighted by atomic mass is 16.5. The van der Waals surface area contributed by atoms with Crippen LogP contribution in [0, 0.1) is 0 Å².